The number of anilines is 2. The molecule has 0 aliphatic carbocycles. The average molecular weight is 563 g/mol. The lowest BCUT2D eigenvalue weighted by atomic mass is 9.87. The van der Waals surface area contributed by atoms with E-state index in [9.17, 15) is 19.2 Å². The number of nitrogens with zero attached hydrogens (tertiary/aromatic N) is 4. The minimum absolute atomic E-state index is 0.383. The van der Waals surface area contributed by atoms with Crippen LogP contribution in [0.15, 0.2) is 94.2 Å². The van der Waals surface area contributed by atoms with E-state index >= 15 is 0 Å². The highest BCUT2D eigenvalue weighted by atomic mass is 16.3. The first-order valence-corrected chi connectivity index (χ1v) is 13.9. The predicted octanol–water partition coefficient (Wildman–Crippen LogP) is 3.93. The number of imide groups is 2. The van der Waals surface area contributed by atoms with E-state index in [0.29, 0.717) is 22.9 Å². The number of hydrogen-bond donors (Lipinski definition) is 0. The van der Waals surface area contributed by atoms with Crippen molar-refractivity contribution in [3.63, 3.8) is 0 Å². The molecule has 0 saturated carbocycles. The molecule has 2 aromatic heterocycles. The fourth-order valence-corrected chi connectivity index (χ4v) is 7.21. The van der Waals surface area contributed by atoms with Crippen molar-refractivity contribution in [2.45, 2.75) is 38.0 Å². The second kappa shape index (κ2) is 8.85. The first kappa shape index (κ1) is 25.0. The predicted molar refractivity (Wildman–Crippen MR) is 148 cm³/mol. The fraction of sp³-hybridized carbons (Fsp3) is 0.250. The van der Waals surface area contributed by atoms with Gasteiger partial charge in [-0.05, 0) is 62.4 Å². The minimum atomic E-state index is -0.969. The zero-order chi connectivity index (χ0) is 28.9. The zero-order valence-corrected chi connectivity index (χ0v) is 22.8. The SMILES string of the molecule is Cc1ccc(N2C(=O)[C@@H]3[C@@H](C2=O)N2[C@@H](c4ccco4)[C@@H]4C(=O)N(c5ccc(C)cc5)C(=O)[C@@H]4N2[C@@H]3c2ccco2)cc1. The lowest BCUT2D eigenvalue weighted by molar-refractivity contribution is -0.136. The molecule has 6 atom stereocenters. The smallest absolute Gasteiger partial charge is 0.253 e. The average Bonchev–Trinajstić information content (AvgIpc) is 3.81. The summed E-state index contributed by atoms with van der Waals surface area (Å²) in [6.45, 7) is 3.86. The van der Waals surface area contributed by atoms with E-state index in [1.165, 1.54) is 22.3 Å². The van der Waals surface area contributed by atoms with Gasteiger partial charge in [0.05, 0.1) is 47.8 Å². The topological polar surface area (TPSA) is 108 Å². The Morgan fingerprint density at radius 3 is 1.21 bits per heavy atom. The Bertz CT molecular complexity index is 1600. The molecule has 4 aromatic rings. The van der Waals surface area contributed by atoms with Gasteiger partial charge in [-0.2, -0.15) is 0 Å². The number of fused-ring (bicyclic) bond motifs is 5. The standard InChI is InChI=1S/C32H26N4O6/c1-17-7-11-19(12-8-17)33-29(37)23-25(21-5-3-15-41-21)36-28-24(26(22-6-4-16-42-22)35(36)27(23)31(33)39)30(38)34(32(28)40)20-13-9-18(2)10-14-20/h3-16,23-28H,1-2H3/t23-,24-,25-,26+,27+,28-/m0/s1. The van der Waals surface area contributed by atoms with Gasteiger partial charge in [0.15, 0.2) is 0 Å². The minimum Gasteiger partial charge on any atom is -0.468 e. The highest BCUT2D eigenvalue weighted by Gasteiger charge is 2.74. The van der Waals surface area contributed by atoms with Gasteiger partial charge in [-0.25, -0.2) is 19.8 Å². The van der Waals surface area contributed by atoms with E-state index < -0.39 is 47.8 Å². The molecule has 2 aromatic carbocycles. The number of furan rings is 2. The van der Waals surface area contributed by atoms with Crippen LogP contribution in [-0.2, 0) is 19.2 Å². The maximum atomic E-state index is 14.3. The molecule has 42 heavy (non-hydrogen) atoms. The van der Waals surface area contributed by atoms with Crippen molar-refractivity contribution >= 4 is 35.0 Å². The Morgan fingerprint density at radius 2 is 0.881 bits per heavy atom. The molecule has 4 aliphatic heterocycles. The van der Waals surface area contributed by atoms with E-state index in [1.807, 2.05) is 38.1 Å². The van der Waals surface area contributed by atoms with E-state index in [2.05, 4.69) is 0 Å². The maximum absolute atomic E-state index is 14.3. The van der Waals surface area contributed by atoms with Gasteiger partial charge in [0.25, 0.3) is 11.8 Å². The van der Waals surface area contributed by atoms with Crippen molar-refractivity contribution in [1.82, 2.24) is 10.0 Å². The number of carbonyl (C=O) groups excluding carboxylic acids is 4. The van der Waals surface area contributed by atoms with Gasteiger partial charge >= 0.3 is 0 Å². The molecule has 6 heterocycles. The van der Waals surface area contributed by atoms with Gasteiger partial charge in [-0.1, -0.05) is 35.4 Å². The van der Waals surface area contributed by atoms with Crippen LogP contribution in [0.5, 0.6) is 0 Å². The van der Waals surface area contributed by atoms with E-state index in [4.69, 9.17) is 8.83 Å². The molecule has 210 valence electrons. The normalized spacial score (nSPS) is 29.1. The number of benzene rings is 2. The van der Waals surface area contributed by atoms with Crippen molar-refractivity contribution in [2.75, 3.05) is 9.80 Å². The zero-order valence-electron chi connectivity index (χ0n) is 22.8. The van der Waals surface area contributed by atoms with Crippen molar-refractivity contribution < 1.29 is 28.0 Å². The molecule has 0 radical (unpaired) electrons. The summed E-state index contributed by atoms with van der Waals surface area (Å²) in [7, 11) is 0. The summed E-state index contributed by atoms with van der Waals surface area (Å²) in [6, 6.07) is 17.8. The largest absolute Gasteiger partial charge is 0.468 e. The first-order chi connectivity index (χ1) is 20.4. The molecule has 0 bridgehead atoms. The highest BCUT2D eigenvalue weighted by molar-refractivity contribution is 6.26. The molecule has 4 amide bonds. The van der Waals surface area contributed by atoms with Crippen LogP contribution in [0, 0.1) is 25.7 Å². The summed E-state index contributed by atoms with van der Waals surface area (Å²) in [6.07, 6.45) is 3.01. The highest BCUT2D eigenvalue weighted by Crippen LogP contribution is 2.59. The Hall–Kier alpha value is -4.80. The van der Waals surface area contributed by atoms with Gasteiger partial charge < -0.3 is 8.83 Å². The van der Waals surface area contributed by atoms with Crippen LogP contribution in [0.2, 0.25) is 0 Å². The van der Waals surface area contributed by atoms with Crippen molar-refractivity contribution in [3.05, 3.63) is 108 Å². The summed E-state index contributed by atoms with van der Waals surface area (Å²) < 4.78 is 11.7. The Kier molecular flexibility index (Phi) is 5.26. The second-order valence-electron chi connectivity index (χ2n) is 11.3. The van der Waals surface area contributed by atoms with Crippen molar-refractivity contribution in [1.29, 1.82) is 0 Å². The number of carbonyl (C=O) groups is 4. The van der Waals surface area contributed by atoms with Crippen LogP contribution >= 0.6 is 0 Å². The van der Waals surface area contributed by atoms with Gasteiger partial charge in [-0.3, -0.25) is 19.2 Å². The van der Waals surface area contributed by atoms with Crippen LogP contribution in [0.25, 0.3) is 0 Å². The van der Waals surface area contributed by atoms with Crippen molar-refractivity contribution in [2.24, 2.45) is 11.8 Å². The van der Waals surface area contributed by atoms with Crippen LogP contribution in [-0.4, -0.2) is 45.7 Å². The van der Waals surface area contributed by atoms with Gasteiger partial charge in [0, 0.05) is 0 Å². The van der Waals surface area contributed by atoms with Gasteiger partial charge in [-0.15, -0.1) is 0 Å². The first-order valence-electron chi connectivity index (χ1n) is 13.9. The summed E-state index contributed by atoms with van der Waals surface area (Å²) in [5.74, 6) is -2.48. The Balaban J connectivity index is 1.30. The molecule has 10 nitrogen and oxygen atoms in total. The van der Waals surface area contributed by atoms with E-state index in [1.54, 1.807) is 58.5 Å². The number of hydrazine groups is 1. The number of rotatable bonds is 4. The Labute approximate surface area is 240 Å². The van der Waals surface area contributed by atoms with E-state index in [0.717, 1.165) is 11.1 Å². The molecular weight excluding hydrogens is 536 g/mol. The molecule has 10 heteroatoms. The number of hydrogen-bond acceptors (Lipinski definition) is 8. The third kappa shape index (κ3) is 3.21. The third-order valence-electron chi connectivity index (χ3n) is 8.98. The van der Waals surface area contributed by atoms with Crippen LogP contribution in [0.1, 0.15) is 34.7 Å². The van der Waals surface area contributed by atoms with Crippen LogP contribution < -0.4 is 9.80 Å². The lowest BCUT2D eigenvalue weighted by Crippen LogP contribution is -2.50. The summed E-state index contributed by atoms with van der Waals surface area (Å²) in [5.41, 5.74) is 2.94. The molecule has 8 rings (SSSR count). The maximum Gasteiger partial charge on any atom is 0.253 e. The molecule has 4 saturated heterocycles. The third-order valence-corrected chi connectivity index (χ3v) is 8.98. The summed E-state index contributed by atoms with van der Waals surface area (Å²) in [5, 5.41) is 3.51. The molecule has 4 fully saturated rings. The lowest BCUT2D eigenvalue weighted by Gasteiger charge is -2.34. The van der Waals surface area contributed by atoms with E-state index in [-0.39, 0.29) is 11.8 Å². The monoisotopic (exact) mass is 562 g/mol. The van der Waals surface area contributed by atoms with Crippen LogP contribution in [0.4, 0.5) is 11.4 Å². The molecule has 0 N–H and O–H groups in total. The second-order valence-corrected chi connectivity index (χ2v) is 11.3. The quantitative estimate of drug-likeness (QED) is 0.345. The fourth-order valence-electron chi connectivity index (χ4n) is 7.21. The summed E-state index contributed by atoms with van der Waals surface area (Å²) in [4.78, 5) is 59.3. The number of aryl methyl sites for hydroxylation is 2. The van der Waals surface area contributed by atoms with Gasteiger partial charge in [0.1, 0.15) is 23.6 Å². The number of amides is 4. The molecule has 4 aliphatic rings. The summed E-state index contributed by atoms with van der Waals surface area (Å²) >= 11 is 0. The van der Waals surface area contributed by atoms with Crippen molar-refractivity contribution in [3.8, 4) is 0 Å². The Morgan fingerprint density at radius 1 is 0.500 bits per heavy atom. The van der Waals surface area contributed by atoms with Gasteiger partial charge in [0.2, 0.25) is 11.8 Å². The molecular formula is C32H26N4O6. The molecule has 0 spiro atoms. The molecule has 0 unspecified atom stereocenters. The van der Waals surface area contributed by atoms with Crippen LogP contribution in [0.3, 0.4) is 0 Å².